The number of nitrogens with two attached hydrogens (primary N) is 1. The summed E-state index contributed by atoms with van der Waals surface area (Å²) in [4.78, 5) is 5.16. The lowest BCUT2D eigenvalue weighted by atomic mass is 10.2. The van der Waals surface area contributed by atoms with Crippen LogP contribution in [0.2, 0.25) is 0 Å². The number of pyridine rings is 1. The van der Waals surface area contributed by atoms with Gasteiger partial charge in [0.1, 0.15) is 11.5 Å². The van der Waals surface area contributed by atoms with Crippen molar-refractivity contribution in [3.8, 4) is 0 Å². The molecule has 2 N–H and O–H groups in total. The molecule has 4 heteroatoms. The zero-order chi connectivity index (χ0) is 12.3. The Kier molecular flexibility index (Phi) is 3.86. The van der Waals surface area contributed by atoms with E-state index in [0.717, 1.165) is 16.4 Å². The molecule has 0 amide bonds. The molecule has 0 saturated carbocycles. The Labute approximate surface area is 105 Å². The minimum Gasteiger partial charge on any atom is -0.465 e. The van der Waals surface area contributed by atoms with Crippen LogP contribution in [0, 0.1) is 6.92 Å². The summed E-state index contributed by atoms with van der Waals surface area (Å²) in [5.41, 5.74) is 6.03. The number of aromatic nitrogens is 1. The lowest BCUT2D eigenvalue weighted by molar-refractivity contribution is 0.465. The minimum atomic E-state index is 0.0266. The Bertz CT molecular complexity index is 467. The molecule has 2 heterocycles. The van der Waals surface area contributed by atoms with Crippen LogP contribution in [-0.2, 0) is 0 Å². The second-order valence-electron chi connectivity index (χ2n) is 4.03. The smallest absolute Gasteiger partial charge is 0.119 e. The molecule has 2 atom stereocenters. The molecule has 0 radical (unpaired) electrons. The first kappa shape index (κ1) is 12.2. The number of nitrogens with zero attached hydrogens (tertiary/aromatic N) is 1. The Morgan fingerprint density at radius 2 is 1.94 bits per heavy atom. The third-order valence-electron chi connectivity index (χ3n) is 2.43. The first-order valence-electron chi connectivity index (χ1n) is 5.55. The molecule has 17 heavy (non-hydrogen) atoms. The van der Waals surface area contributed by atoms with Crippen molar-refractivity contribution >= 4 is 11.8 Å². The van der Waals surface area contributed by atoms with Crippen LogP contribution in [0.5, 0.6) is 0 Å². The van der Waals surface area contributed by atoms with Gasteiger partial charge in [-0.25, -0.2) is 0 Å². The van der Waals surface area contributed by atoms with E-state index >= 15 is 0 Å². The van der Waals surface area contributed by atoms with E-state index in [9.17, 15) is 0 Å². The van der Waals surface area contributed by atoms with Gasteiger partial charge in [-0.05, 0) is 38.1 Å². The summed E-state index contributed by atoms with van der Waals surface area (Å²) in [5, 5.41) is 0.131. The molecule has 2 aromatic rings. The van der Waals surface area contributed by atoms with Gasteiger partial charge in [-0.2, -0.15) is 0 Å². The number of furan rings is 1. The number of rotatable bonds is 4. The molecule has 2 unspecified atom stereocenters. The number of thioether (sulfide) groups is 1. The van der Waals surface area contributed by atoms with E-state index in [2.05, 4.69) is 4.98 Å². The predicted molar refractivity (Wildman–Crippen MR) is 69.9 cm³/mol. The summed E-state index contributed by atoms with van der Waals surface area (Å²) in [5.74, 6) is 1.85. The molecule has 0 fully saturated rings. The fourth-order valence-corrected chi connectivity index (χ4v) is 2.62. The maximum Gasteiger partial charge on any atom is 0.119 e. The van der Waals surface area contributed by atoms with Crippen LogP contribution in [0.4, 0.5) is 0 Å². The lowest BCUT2D eigenvalue weighted by Gasteiger charge is -2.17. The molecule has 2 aromatic heterocycles. The average molecular weight is 248 g/mol. The van der Waals surface area contributed by atoms with Crippen molar-refractivity contribution in [2.45, 2.75) is 30.0 Å². The van der Waals surface area contributed by atoms with Crippen LogP contribution < -0.4 is 5.73 Å². The number of hydrogen-bond donors (Lipinski definition) is 1. The second-order valence-corrected chi connectivity index (χ2v) is 5.24. The zero-order valence-electron chi connectivity index (χ0n) is 9.96. The SMILES string of the molecule is Cc1ccc(C(Sc2ccncc2)C(C)N)o1. The monoisotopic (exact) mass is 248 g/mol. The van der Waals surface area contributed by atoms with Gasteiger partial charge in [0, 0.05) is 23.3 Å². The van der Waals surface area contributed by atoms with Gasteiger partial charge in [0.05, 0.1) is 5.25 Å². The second kappa shape index (κ2) is 5.38. The molecular formula is C13H16N2OS. The topological polar surface area (TPSA) is 52.0 Å². The van der Waals surface area contributed by atoms with Crippen LogP contribution in [-0.4, -0.2) is 11.0 Å². The van der Waals surface area contributed by atoms with Crippen molar-refractivity contribution < 1.29 is 4.42 Å². The van der Waals surface area contributed by atoms with Crippen LogP contribution >= 0.6 is 11.8 Å². The van der Waals surface area contributed by atoms with Gasteiger partial charge in [-0.3, -0.25) is 4.98 Å². The third kappa shape index (κ3) is 3.11. The normalized spacial score (nSPS) is 14.5. The maximum atomic E-state index is 6.03. The van der Waals surface area contributed by atoms with Crippen LogP contribution in [0.1, 0.15) is 23.7 Å². The number of aryl methyl sites for hydroxylation is 1. The largest absolute Gasteiger partial charge is 0.465 e. The van der Waals surface area contributed by atoms with Gasteiger partial charge < -0.3 is 10.2 Å². The Morgan fingerprint density at radius 3 is 2.47 bits per heavy atom. The standard InChI is InChI=1S/C13H16N2OS/c1-9-3-4-12(16-9)13(10(2)14)17-11-5-7-15-8-6-11/h3-8,10,13H,14H2,1-2H3. The van der Waals surface area contributed by atoms with Crippen LogP contribution in [0.25, 0.3) is 0 Å². The average Bonchev–Trinajstić information content (AvgIpc) is 2.73. The highest BCUT2D eigenvalue weighted by Crippen LogP contribution is 2.37. The van der Waals surface area contributed by atoms with Gasteiger partial charge >= 0.3 is 0 Å². The van der Waals surface area contributed by atoms with Crippen LogP contribution in [0.3, 0.4) is 0 Å². The first-order valence-corrected chi connectivity index (χ1v) is 6.43. The van der Waals surface area contributed by atoms with E-state index in [0.29, 0.717) is 0 Å². The summed E-state index contributed by atoms with van der Waals surface area (Å²) >= 11 is 1.70. The molecule has 0 aliphatic heterocycles. The minimum absolute atomic E-state index is 0.0266. The van der Waals surface area contributed by atoms with E-state index in [1.807, 2.05) is 38.1 Å². The highest BCUT2D eigenvalue weighted by molar-refractivity contribution is 7.99. The van der Waals surface area contributed by atoms with Crippen LogP contribution in [0.15, 0.2) is 46.0 Å². The van der Waals surface area contributed by atoms with Crippen molar-refractivity contribution in [2.24, 2.45) is 5.73 Å². The highest BCUT2D eigenvalue weighted by Gasteiger charge is 2.20. The Balaban J connectivity index is 2.19. The summed E-state index contributed by atoms with van der Waals surface area (Å²) < 4.78 is 5.66. The molecule has 90 valence electrons. The molecule has 3 nitrogen and oxygen atoms in total. The van der Waals surface area contributed by atoms with Gasteiger partial charge in [0.25, 0.3) is 0 Å². The van der Waals surface area contributed by atoms with E-state index in [1.54, 1.807) is 24.2 Å². The van der Waals surface area contributed by atoms with Crippen molar-refractivity contribution in [3.05, 3.63) is 48.2 Å². The molecule has 0 aromatic carbocycles. The summed E-state index contributed by atoms with van der Waals surface area (Å²) in [6, 6.07) is 7.96. The third-order valence-corrected chi connectivity index (χ3v) is 3.89. The summed E-state index contributed by atoms with van der Waals surface area (Å²) in [6.07, 6.45) is 3.57. The zero-order valence-corrected chi connectivity index (χ0v) is 10.8. The van der Waals surface area contributed by atoms with E-state index < -0.39 is 0 Å². The molecule has 0 spiro atoms. The Morgan fingerprint density at radius 1 is 1.24 bits per heavy atom. The molecule has 0 bridgehead atoms. The molecular weight excluding hydrogens is 232 g/mol. The lowest BCUT2D eigenvalue weighted by Crippen LogP contribution is -2.22. The Hall–Kier alpha value is -1.26. The summed E-state index contributed by atoms with van der Waals surface area (Å²) in [6.45, 7) is 3.94. The van der Waals surface area contributed by atoms with Gasteiger partial charge in [0.2, 0.25) is 0 Å². The highest BCUT2D eigenvalue weighted by atomic mass is 32.2. The van der Waals surface area contributed by atoms with E-state index in [-0.39, 0.29) is 11.3 Å². The van der Waals surface area contributed by atoms with Crippen molar-refractivity contribution in [1.29, 1.82) is 0 Å². The van der Waals surface area contributed by atoms with Gasteiger partial charge in [-0.15, -0.1) is 11.8 Å². The van der Waals surface area contributed by atoms with Crippen molar-refractivity contribution in [2.75, 3.05) is 0 Å². The summed E-state index contributed by atoms with van der Waals surface area (Å²) in [7, 11) is 0. The fraction of sp³-hybridized carbons (Fsp3) is 0.308. The fourth-order valence-electron chi connectivity index (χ4n) is 1.59. The van der Waals surface area contributed by atoms with Crippen molar-refractivity contribution in [3.63, 3.8) is 0 Å². The molecule has 0 aliphatic rings. The van der Waals surface area contributed by atoms with E-state index in [4.69, 9.17) is 10.2 Å². The first-order chi connectivity index (χ1) is 8.16. The maximum absolute atomic E-state index is 6.03. The molecule has 0 aliphatic carbocycles. The van der Waals surface area contributed by atoms with Gasteiger partial charge in [-0.1, -0.05) is 0 Å². The van der Waals surface area contributed by atoms with Crippen molar-refractivity contribution in [1.82, 2.24) is 4.98 Å². The molecule has 2 rings (SSSR count). The predicted octanol–water partition coefficient (Wildman–Crippen LogP) is 3.16. The van der Waals surface area contributed by atoms with E-state index in [1.165, 1.54) is 0 Å². The number of hydrogen-bond acceptors (Lipinski definition) is 4. The molecule has 0 saturated heterocycles. The van der Waals surface area contributed by atoms with Gasteiger partial charge in [0.15, 0.2) is 0 Å². The quantitative estimate of drug-likeness (QED) is 0.844.